The van der Waals surface area contributed by atoms with Crippen LogP contribution in [0.1, 0.15) is 30.1 Å². The van der Waals surface area contributed by atoms with E-state index in [1.807, 2.05) is 6.92 Å². The molecule has 5 nitrogen and oxygen atoms in total. The van der Waals surface area contributed by atoms with Crippen molar-refractivity contribution < 1.29 is 13.9 Å². The summed E-state index contributed by atoms with van der Waals surface area (Å²) in [5, 5.41) is 5.85. The molecular formula is C13H18FN3O2. The summed E-state index contributed by atoms with van der Waals surface area (Å²) in [5.41, 5.74) is 0.244. The summed E-state index contributed by atoms with van der Waals surface area (Å²) in [6, 6.07) is 1.29. The van der Waals surface area contributed by atoms with Gasteiger partial charge in [0, 0.05) is 25.8 Å². The number of carbonyl (C=O) groups is 1. The Bertz CT molecular complexity index is 448. The van der Waals surface area contributed by atoms with Gasteiger partial charge in [0.1, 0.15) is 11.6 Å². The van der Waals surface area contributed by atoms with Gasteiger partial charge in [-0.15, -0.1) is 0 Å². The lowest BCUT2D eigenvalue weighted by Gasteiger charge is -2.23. The zero-order valence-electron chi connectivity index (χ0n) is 10.9. The summed E-state index contributed by atoms with van der Waals surface area (Å²) in [7, 11) is 0. The van der Waals surface area contributed by atoms with Gasteiger partial charge in [0.25, 0.3) is 5.91 Å². The molecular weight excluding hydrogens is 249 g/mol. The first-order valence-corrected chi connectivity index (χ1v) is 6.48. The maximum absolute atomic E-state index is 13.2. The molecule has 0 aromatic carbocycles. The predicted molar refractivity (Wildman–Crippen MR) is 69.7 cm³/mol. The molecule has 1 fully saturated rings. The molecule has 1 amide bonds. The number of halogens is 1. The van der Waals surface area contributed by atoms with Crippen molar-refractivity contribution in [3.05, 3.63) is 23.6 Å². The van der Waals surface area contributed by atoms with Gasteiger partial charge >= 0.3 is 0 Å². The second-order valence-electron chi connectivity index (χ2n) is 4.44. The number of ether oxygens (including phenoxy) is 1. The van der Waals surface area contributed by atoms with E-state index in [1.54, 1.807) is 0 Å². The average molecular weight is 267 g/mol. The van der Waals surface area contributed by atoms with Gasteiger partial charge < -0.3 is 15.4 Å². The summed E-state index contributed by atoms with van der Waals surface area (Å²) in [4.78, 5) is 16.1. The van der Waals surface area contributed by atoms with E-state index in [2.05, 4.69) is 15.6 Å². The molecule has 2 heterocycles. The van der Waals surface area contributed by atoms with Crippen LogP contribution in [-0.2, 0) is 4.74 Å². The number of anilines is 1. The molecule has 0 unspecified atom stereocenters. The van der Waals surface area contributed by atoms with E-state index in [0.29, 0.717) is 25.6 Å². The summed E-state index contributed by atoms with van der Waals surface area (Å²) in [6.45, 7) is 3.81. The highest BCUT2D eigenvalue weighted by Crippen LogP contribution is 2.15. The maximum Gasteiger partial charge on any atom is 0.255 e. The lowest BCUT2D eigenvalue weighted by atomic mass is 10.1. The van der Waals surface area contributed by atoms with Crippen molar-refractivity contribution in [2.75, 3.05) is 25.1 Å². The Balaban J connectivity index is 2.10. The summed E-state index contributed by atoms with van der Waals surface area (Å²) in [6.07, 6.45) is 2.67. The number of nitrogens with zero attached hydrogens (tertiary/aromatic N) is 1. The zero-order valence-corrected chi connectivity index (χ0v) is 10.9. The van der Waals surface area contributed by atoms with Crippen molar-refractivity contribution in [1.82, 2.24) is 10.3 Å². The van der Waals surface area contributed by atoms with E-state index in [9.17, 15) is 9.18 Å². The van der Waals surface area contributed by atoms with Gasteiger partial charge in [-0.3, -0.25) is 4.79 Å². The number of nitrogens with one attached hydrogen (secondary N) is 2. The van der Waals surface area contributed by atoms with Crippen LogP contribution >= 0.6 is 0 Å². The van der Waals surface area contributed by atoms with Crippen molar-refractivity contribution in [3.63, 3.8) is 0 Å². The first-order chi connectivity index (χ1) is 9.20. The molecule has 1 aliphatic heterocycles. The van der Waals surface area contributed by atoms with Crippen molar-refractivity contribution in [2.45, 2.75) is 25.8 Å². The number of hydrogen-bond donors (Lipinski definition) is 2. The monoisotopic (exact) mass is 267 g/mol. The Morgan fingerprint density at radius 3 is 2.95 bits per heavy atom. The van der Waals surface area contributed by atoms with Crippen molar-refractivity contribution >= 4 is 11.7 Å². The molecule has 0 atom stereocenters. The van der Waals surface area contributed by atoms with Crippen LogP contribution in [0, 0.1) is 5.82 Å². The van der Waals surface area contributed by atoms with Gasteiger partial charge in [-0.05, 0) is 25.8 Å². The van der Waals surface area contributed by atoms with E-state index in [-0.39, 0.29) is 17.5 Å². The number of hydrogen-bond acceptors (Lipinski definition) is 4. The fraction of sp³-hybridized carbons (Fsp3) is 0.538. The first kappa shape index (κ1) is 13.7. The number of pyridine rings is 1. The smallest absolute Gasteiger partial charge is 0.255 e. The Hall–Kier alpha value is -1.69. The Morgan fingerprint density at radius 1 is 1.53 bits per heavy atom. The SMILES string of the molecule is CCNc1ncc(F)cc1C(=O)NC1CCOCC1. The minimum absolute atomic E-state index is 0.0824. The van der Waals surface area contributed by atoms with Gasteiger partial charge in [-0.1, -0.05) is 0 Å². The quantitative estimate of drug-likeness (QED) is 0.869. The Morgan fingerprint density at radius 2 is 2.26 bits per heavy atom. The molecule has 1 saturated heterocycles. The van der Waals surface area contributed by atoms with Gasteiger partial charge in [0.05, 0.1) is 11.8 Å². The maximum atomic E-state index is 13.2. The third kappa shape index (κ3) is 3.64. The highest BCUT2D eigenvalue weighted by Gasteiger charge is 2.19. The van der Waals surface area contributed by atoms with Crippen LogP contribution in [0.15, 0.2) is 12.3 Å². The van der Waals surface area contributed by atoms with Gasteiger partial charge in [0.2, 0.25) is 0 Å². The third-order valence-electron chi connectivity index (χ3n) is 3.00. The van der Waals surface area contributed by atoms with Crippen LogP contribution in [0.5, 0.6) is 0 Å². The zero-order chi connectivity index (χ0) is 13.7. The predicted octanol–water partition coefficient (Wildman–Crippen LogP) is 1.56. The van der Waals surface area contributed by atoms with Crippen LogP contribution in [0.4, 0.5) is 10.2 Å². The average Bonchev–Trinajstić information content (AvgIpc) is 2.42. The standard InChI is InChI=1S/C13H18FN3O2/c1-2-15-12-11(7-9(14)8-16-12)13(18)17-10-3-5-19-6-4-10/h7-8,10H,2-6H2,1H3,(H,15,16)(H,17,18). The number of carbonyl (C=O) groups excluding carboxylic acids is 1. The Kier molecular flexibility index (Phi) is 4.68. The molecule has 0 aliphatic carbocycles. The molecule has 0 spiro atoms. The molecule has 2 rings (SSSR count). The van der Waals surface area contributed by atoms with E-state index < -0.39 is 5.82 Å². The molecule has 0 bridgehead atoms. The van der Waals surface area contributed by atoms with E-state index in [4.69, 9.17) is 4.74 Å². The van der Waals surface area contributed by atoms with E-state index in [0.717, 1.165) is 19.0 Å². The largest absolute Gasteiger partial charge is 0.381 e. The highest BCUT2D eigenvalue weighted by molar-refractivity contribution is 5.98. The first-order valence-electron chi connectivity index (χ1n) is 6.48. The lowest BCUT2D eigenvalue weighted by Crippen LogP contribution is -2.39. The van der Waals surface area contributed by atoms with Gasteiger partial charge in [0.15, 0.2) is 0 Å². The molecule has 104 valence electrons. The number of amides is 1. The van der Waals surface area contributed by atoms with Crippen molar-refractivity contribution in [3.8, 4) is 0 Å². The van der Waals surface area contributed by atoms with Gasteiger partial charge in [-0.2, -0.15) is 0 Å². The number of aromatic nitrogens is 1. The van der Waals surface area contributed by atoms with E-state index in [1.165, 1.54) is 6.07 Å². The topological polar surface area (TPSA) is 63.2 Å². The third-order valence-corrected chi connectivity index (χ3v) is 3.00. The molecule has 0 saturated carbocycles. The van der Waals surface area contributed by atoms with Crippen molar-refractivity contribution in [2.24, 2.45) is 0 Å². The van der Waals surface area contributed by atoms with Crippen LogP contribution in [-0.4, -0.2) is 36.7 Å². The highest BCUT2D eigenvalue weighted by atomic mass is 19.1. The van der Waals surface area contributed by atoms with Gasteiger partial charge in [-0.25, -0.2) is 9.37 Å². The van der Waals surface area contributed by atoms with Crippen LogP contribution in [0.2, 0.25) is 0 Å². The molecule has 6 heteroatoms. The summed E-state index contributed by atoms with van der Waals surface area (Å²) < 4.78 is 18.5. The minimum atomic E-state index is -0.515. The van der Waals surface area contributed by atoms with Crippen LogP contribution in [0.25, 0.3) is 0 Å². The summed E-state index contributed by atoms with van der Waals surface area (Å²) >= 11 is 0. The van der Waals surface area contributed by atoms with Crippen LogP contribution in [0.3, 0.4) is 0 Å². The van der Waals surface area contributed by atoms with Crippen molar-refractivity contribution in [1.29, 1.82) is 0 Å². The molecule has 0 radical (unpaired) electrons. The van der Waals surface area contributed by atoms with E-state index >= 15 is 0 Å². The molecule has 19 heavy (non-hydrogen) atoms. The molecule has 2 N–H and O–H groups in total. The fourth-order valence-electron chi connectivity index (χ4n) is 2.03. The normalized spacial score (nSPS) is 16.1. The fourth-order valence-corrected chi connectivity index (χ4v) is 2.03. The summed E-state index contributed by atoms with van der Waals surface area (Å²) in [5.74, 6) is -0.401. The second-order valence-corrected chi connectivity index (χ2v) is 4.44. The molecule has 1 aromatic heterocycles. The minimum Gasteiger partial charge on any atom is -0.381 e. The Labute approximate surface area is 111 Å². The van der Waals surface area contributed by atoms with Crippen LogP contribution < -0.4 is 10.6 Å². The lowest BCUT2D eigenvalue weighted by molar-refractivity contribution is 0.0696. The molecule has 1 aromatic rings. The molecule has 1 aliphatic rings. The number of rotatable bonds is 4. The second kappa shape index (κ2) is 6.47.